The van der Waals surface area contributed by atoms with Crippen LogP contribution in [-0.4, -0.2) is 66.9 Å². The highest BCUT2D eigenvalue weighted by Gasteiger charge is 2.31. The Bertz CT molecular complexity index is 632. The van der Waals surface area contributed by atoms with Gasteiger partial charge >= 0.3 is 0 Å². The molecular weight excluding hydrogens is 328 g/mol. The third-order valence-electron chi connectivity index (χ3n) is 5.40. The highest BCUT2D eigenvalue weighted by atomic mass is 16.5. The number of benzene rings is 1. The second-order valence-electron chi connectivity index (χ2n) is 7.45. The first-order valence-electron chi connectivity index (χ1n) is 9.46. The number of carbonyl (C=O) groups is 2. The lowest BCUT2D eigenvalue weighted by atomic mass is 10.0. The van der Waals surface area contributed by atoms with Crippen LogP contribution in [0.4, 0.5) is 0 Å². The maximum Gasteiger partial charge on any atom is 0.223 e. The number of ether oxygens (including phenoxy) is 1. The predicted molar refractivity (Wildman–Crippen MR) is 104 cm³/mol. The molecule has 0 aliphatic carbocycles. The average Bonchev–Trinajstić information content (AvgIpc) is 2.60. The van der Waals surface area contributed by atoms with Crippen LogP contribution >= 0.6 is 0 Å². The number of rotatable bonds is 7. The van der Waals surface area contributed by atoms with Crippen molar-refractivity contribution in [3.8, 4) is 0 Å². The molecule has 1 fully saturated rings. The molecule has 0 N–H and O–H groups in total. The number of amides is 1. The lowest BCUT2D eigenvalue weighted by molar-refractivity contribution is -0.135. The standard InChI is InChI=1S/C21H32N2O3/c1-15-6-7-19(12-16(15)2)20(24)8-9-21(25)22-13-17(3)23(10-11-26-5)18(4)14-22/h6-7,12,17-18H,8-11,13-14H2,1-5H3. The Kier molecular flexibility index (Phi) is 7.35. The summed E-state index contributed by atoms with van der Waals surface area (Å²) in [6.07, 6.45) is 0.553. The summed E-state index contributed by atoms with van der Waals surface area (Å²) in [5, 5.41) is 0. The molecule has 26 heavy (non-hydrogen) atoms. The van der Waals surface area contributed by atoms with Crippen molar-refractivity contribution in [3.05, 3.63) is 34.9 Å². The van der Waals surface area contributed by atoms with Crippen molar-refractivity contribution in [2.75, 3.05) is 33.4 Å². The van der Waals surface area contributed by atoms with Crippen LogP contribution in [0.2, 0.25) is 0 Å². The number of ketones is 1. The van der Waals surface area contributed by atoms with Crippen LogP contribution in [-0.2, 0) is 9.53 Å². The van der Waals surface area contributed by atoms with Gasteiger partial charge in [0.05, 0.1) is 6.61 Å². The van der Waals surface area contributed by atoms with Gasteiger partial charge in [0.15, 0.2) is 5.78 Å². The van der Waals surface area contributed by atoms with Crippen molar-refractivity contribution in [3.63, 3.8) is 0 Å². The Morgan fingerprint density at radius 3 is 2.31 bits per heavy atom. The quantitative estimate of drug-likeness (QED) is 0.702. The van der Waals surface area contributed by atoms with Gasteiger partial charge in [-0.2, -0.15) is 0 Å². The maximum atomic E-state index is 12.6. The van der Waals surface area contributed by atoms with E-state index in [1.54, 1.807) is 7.11 Å². The molecule has 1 aromatic rings. The highest BCUT2D eigenvalue weighted by molar-refractivity contribution is 5.98. The van der Waals surface area contributed by atoms with Crippen molar-refractivity contribution in [1.82, 2.24) is 9.80 Å². The summed E-state index contributed by atoms with van der Waals surface area (Å²) >= 11 is 0. The zero-order valence-electron chi connectivity index (χ0n) is 16.7. The number of hydrogen-bond donors (Lipinski definition) is 0. The summed E-state index contributed by atoms with van der Waals surface area (Å²) in [6, 6.07) is 6.34. The molecule has 1 aliphatic rings. The zero-order valence-corrected chi connectivity index (χ0v) is 16.7. The van der Waals surface area contributed by atoms with E-state index in [1.807, 2.05) is 36.9 Å². The number of hydrogen-bond acceptors (Lipinski definition) is 4. The summed E-state index contributed by atoms with van der Waals surface area (Å²) in [5.74, 6) is 0.119. The molecule has 1 heterocycles. The Morgan fingerprint density at radius 1 is 1.08 bits per heavy atom. The molecule has 144 valence electrons. The highest BCUT2D eigenvalue weighted by Crippen LogP contribution is 2.18. The number of carbonyl (C=O) groups excluding carboxylic acids is 2. The molecule has 0 spiro atoms. The second kappa shape index (κ2) is 9.28. The van der Waals surface area contributed by atoms with Gasteiger partial charge in [-0.25, -0.2) is 0 Å². The lowest BCUT2D eigenvalue weighted by Gasteiger charge is -2.44. The van der Waals surface area contributed by atoms with Crippen LogP contribution in [0.15, 0.2) is 18.2 Å². The Hall–Kier alpha value is -1.72. The van der Waals surface area contributed by atoms with Crippen molar-refractivity contribution >= 4 is 11.7 Å². The van der Waals surface area contributed by atoms with E-state index in [1.165, 1.54) is 5.56 Å². The van der Waals surface area contributed by atoms with Gasteiger partial charge < -0.3 is 9.64 Å². The summed E-state index contributed by atoms with van der Waals surface area (Å²) in [7, 11) is 1.71. The van der Waals surface area contributed by atoms with Gasteiger partial charge in [-0.3, -0.25) is 14.5 Å². The lowest BCUT2D eigenvalue weighted by Crippen LogP contribution is -2.58. The number of methoxy groups -OCH3 is 1. The Balaban J connectivity index is 1.88. The van der Waals surface area contributed by atoms with Crippen LogP contribution < -0.4 is 0 Å². The first-order valence-corrected chi connectivity index (χ1v) is 9.46. The molecule has 2 unspecified atom stereocenters. The van der Waals surface area contributed by atoms with E-state index in [0.29, 0.717) is 37.3 Å². The molecule has 1 saturated heterocycles. The largest absolute Gasteiger partial charge is 0.383 e. The van der Waals surface area contributed by atoms with Crippen LogP contribution in [0.1, 0.15) is 48.2 Å². The molecule has 5 nitrogen and oxygen atoms in total. The minimum absolute atomic E-state index is 0.0428. The summed E-state index contributed by atoms with van der Waals surface area (Å²) in [4.78, 5) is 29.3. The van der Waals surface area contributed by atoms with E-state index in [2.05, 4.69) is 18.7 Å². The smallest absolute Gasteiger partial charge is 0.223 e. The van der Waals surface area contributed by atoms with Crippen molar-refractivity contribution in [1.29, 1.82) is 0 Å². The summed E-state index contributed by atoms with van der Waals surface area (Å²) in [5.41, 5.74) is 2.98. The molecule has 5 heteroatoms. The van der Waals surface area contributed by atoms with E-state index in [0.717, 1.165) is 12.1 Å². The van der Waals surface area contributed by atoms with Gasteiger partial charge in [0.1, 0.15) is 0 Å². The third kappa shape index (κ3) is 5.15. The van der Waals surface area contributed by atoms with E-state index < -0.39 is 0 Å². The van der Waals surface area contributed by atoms with Crippen LogP contribution in [0, 0.1) is 13.8 Å². The van der Waals surface area contributed by atoms with Gasteiger partial charge in [0, 0.05) is 57.2 Å². The van der Waals surface area contributed by atoms with Gasteiger partial charge in [-0.05, 0) is 44.9 Å². The van der Waals surface area contributed by atoms with Gasteiger partial charge in [-0.15, -0.1) is 0 Å². The monoisotopic (exact) mass is 360 g/mol. The number of Topliss-reactive ketones (excluding diaryl/α,β-unsaturated/α-hetero) is 1. The molecule has 1 aliphatic heterocycles. The number of piperazine rings is 1. The maximum absolute atomic E-state index is 12.6. The normalized spacial score (nSPS) is 21.0. The van der Waals surface area contributed by atoms with Crippen molar-refractivity contribution in [2.45, 2.75) is 52.6 Å². The van der Waals surface area contributed by atoms with Crippen LogP contribution in [0.3, 0.4) is 0 Å². The van der Waals surface area contributed by atoms with E-state index in [4.69, 9.17) is 4.74 Å². The molecule has 0 radical (unpaired) electrons. The predicted octanol–water partition coefficient (Wildman–Crippen LogP) is 2.83. The van der Waals surface area contributed by atoms with Gasteiger partial charge in [0.25, 0.3) is 0 Å². The Labute approximate surface area is 157 Å². The fraction of sp³-hybridized carbons (Fsp3) is 0.619. The minimum Gasteiger partial charge on any atom is -0.383 e. The first-order chi connectivity index (χ1) is 12.3. The van der Waals surface area contributed by atoms with Gasteiger partial charge in [0.2, 0.25) is 5.91 Å². The van der Waals surface area contributed by atoms with Crippen molar-refractivity contribution < 1.29 is 14.3 Å². The molecular formula is C21H32N2O3. The second-order valence-corrected chi connectivity index (χ2v) is 7.45. The molecule has 1 amide bonds. The fourth-order valence-electron chi connectivity index (χ4n) is 3.64. The Morgan fingerprint density at radius 2 is 1.73 bits per heavy atom. The SMILES string of the molecule is COCCN1C(C)CN(C(=O)CCC(=O)c2ccc(C)c(C)c2)CC1C. The number of nitrogens with zero attached hydrogens (tertiary/aromatic N) is 2. The molecule has 0 bridgehead atoms. The third-order valence-corrected chi connectivity index (χ3v) is 5.40. The summed E-state index contributed by atoms with van der Waals surface area (Å²) in [6.45, 7) is 11.3. The van der Waals surface area contributed by atoms with Gasteiger partial charge in [-0.1, -0.05) is 12.1 Å². The molecule has 0 saturated carbocycles. The fourth-order valence-corrected chi connectivity index (χ4v) is 3.64. The topological polar surface area (TPSA) is 49.9 Å². The first kappa shape index (κ1) is 20.6. The zero-order chi connectivity index (χ0) is 19.3. The van der Waals surface area contributed by atoms with E-state index in [-0.39, 0.29) is 24.5 Å². The van der Waals surface area contributed by atoms with E-state index in [9.17, 15) is 9.59 Å². The molecule has 2 atom stereocenters. The summed E-state index contributed by atoms with van der Waals surface area (Å²) < 4.78 is 5.18. The number of aryl methyl sites for hydroxylation is 2. The average molecular weight is 360 g/mol. The minimum atomic E-state index is 0.0428. The van der Waals surface area contributed by atoms with Crippen LogP contribution in [0.25, 0.3) is 0 Å². The molecule has 2 rings (SSSR count). The molecule has 0 aromatic heterocycles. The van der Waals surface area contributed by atoms with Crippen LogP contribution in [0.5, 0.6) is 0 Å². The van der Waals surface area contributed by atoms with Crippen molar-refractivity contribution in [2.24, 2.45) is 0 Å². The molecule has 1 aromatic carbocycles. The van der Waals surface area contributed by atoms with E-state index >= 15 is 0 Å².